The topological polar surface area (TPSA) is 84.3 Å². The van der Waals surface area contributed by atoms with Crippen LogP contribution >= 0.6 is 11.6 Å². The van der Waals surface area contributed by atoms with Gasteiger partial charge in [-0.25, -0.2) is 4.79 Å². The highest BCUT2D eigenvalue weighted by Gasteiger charge is 2.25. The molecule has 0 aliphatic rings. The third-order valence-corrected chi connectivity index (χ3v) is 4.22. The predicted molar refractivity (Wildman–Crippen MR) is 97.2 cm³/mol. The van der Waals surface area contributed by atoms with Crippen LogP contribution in [-0.4, -0.2) is 33.0 Å². The van der Waals surface area contributed by atoms with E-state index in [1.165, 1.54) is 11.7 Å². The van der Waals surface area contributed by atoms with Crippen LogP contribution in [0.15, 0.2) is 18.2 Å². The quantitative estimate of drug-likeness (QED) is 0.717. The Balaban J connectivity index is 1.98. The maximum absolute atomic E-state index is 11.3. The summed E-state index contributed by atoms with van der Waals surface area (Å²) in [4.78, 5) is 14.5. The average molecular weight is 362 g/mol. The lowest BCUT2D eigenvalue weighted by Gasteiger charge is -2.14. The fourth-order valence-corrected chi connectivity index (χ4v) is 3.02. The Hall–Kier alpha value is -2.54. The molecule has 1 aromatic carbocycles. The number of halogens is 1. The van der Waals surface area contributed by atoms with Crippen LogP contribution in [-0.2, 0) is 10.2 Å². The number of aromatic nitrogens is 4. The molecule has 0 radical (unpaired) electrons. The second-order valence-electron chi connectivity index (χ2n) is 6.87. The molecule has 0 unspecified atom stereocenters. The van der Waals surface area contributed by atoms with E-state index in [1.807, 2.05) is 19.1 Å². The number of fused-ring (bicyclic) bond motifs is 1. The Morgan fingerprint density at radius 3 is 2.60 bits per heavy atom. The second-order valence-corrected chi connectivity index (χ2v) is 7.25. The minimum atomic E-state index is -0.509. The second kappa shape index (κ2) is 6.07. The minimum Gasteiger partial charge on any atom is -0.453 e. The van der Waals surface area contributed by atoms with Crippen molar-refractivity contribution in [1.82, 2.24) is 19.8 Å². The number of amides is 1. The molecule has 0 fully saturated rings. The lowest BCUT2D eigenvalue weighted by Crippen LogP contribution is -2.13. The molecule has 3 rings (SSSR count). The molecule has 2 aromatic heterocycles. The smallest absolute Gasteiger partial charge is 0.411 e. The van der Waals surface area contributed by atoms with Crippen LogP contribution in [0.4, 0.5) is 10.5 Å². The van der Waals surface area contributed by atoms with Crippen molar-refractivity contribution in [2.75, 3.05) is 12.4 Å². The Morgan fingerprint density at radius 1 is 1.32 bits per heavy atom. The van der Waals surface area contributed by atoms with Crippen LogP contribution in [0.3, 0.4) is 0 Å². The first-order valence-electron chi connectivity index (χ1n) is 7.81. The molecule has 0 bridgehead atoms. The lowest BCUT2D eigenvalue weighted by molar-refractivity contribution is 0.187. The molecule has 132 valence electrons. The number of carbonyl (C=O) groups excluding carboxylic acids is 1. The van der Waals surface area contributed by atoms with E-state index < -0.39 is 6.09 Å². The van der Waals surface area contributed by atoms with E-state index in [4.69, 9.17) is 11.6 Å². The van der Waals surface area contributed by atoms with Gasteiger partial charge in [0.15, 0.2) is 11.5 Å². The summed E-state index contributed by atoms with van der Waals surface area (Å²) < 4.78 is 6.12. The number of nitrogens with zero attached hydrogens (tertiary/aromatic N) is 3. The monoisotopic (exact) mass is 361 g/mol. The standard InChI is InChI=1S/C17H20ClN5O2/c1-9-8-10(19-16(24)25-5)6-7-11(9)14-20-15-12(18)13(17(2,3)4)21-23(15)22-14/h6-8H,1-5H3,(H,19,24)(H,20,22). The molecule has 2 heterocycles. The van der Waals surface area contributed by atoms with E-state index in [2.05, 4.69) is 46.0 Å². The van der Waals surface area contributed by atoms with Crippen molar-refractivity contribution in [2.45, 2.75) is 33.1 Å². The summed E-state index contributed by atoms with van der Waals surface area (Å²) in [6.45, 7) is 8.10. The normalized spacial score (nSPS) is 11.8. The number of carbonyl (C=O) groups is 1. The van der Waals surface area contributed by atoms with E-state index in [-0.39, 0.29) is 5.41 Å². The van der Waals surface area contributed by atoms with E-state index in [9.17, 15) is 4.79 Å². The van der Waals surface area contributed by atoms with Gasteiger partial charge in [-0.05, 0) is 30.7 Å². The van der Waals surface area contributed by atoms with Crippen LogP contribution in [0.25, 0.3) is 17.0 Å². The van der Waals surface area contributed by atoms with Crippen molar-refractivity contribution in [3.05, 3.63) is 34.5 Å². The van der Waals surface area contributed by atoms with Gasteiger partial charge in [-0.1, -0.05) is 32.4 Å². The molecule has 7 nitrogen and oxygen atoms in total. The summed E-state index contributed by atoms with van der Waals surface area (Å²) in [6.07, 6.45) is -0.509. The number of hydrogen-bond donors (Lipinski definition) is 2. The minimum absolute atomic E-state index is 0.164. The Kier molecular flexibility index (Phi) is 4.20. The van der Waals surface area contributed by atoms with Gasteiger partial charge in [0.2, 0.25) is 0 Å². The molecular weight excluding hydrogens is 342 g/mol. The summed E-state index contributed by atoms with van der Waals surface area (Å²) >= 11 is 6.46. The summed E-state index contributed by atoms with van der Waals surface area (Å²) in [5.74, 6) is 0.659. The third kappa shape index (κ3) is 3.19. The van der Waals surface area contributed by atoms with Crippen LogP contribution in [0.1, 0.15) is 32.0 Å². The number of aryl methyl sites for hydroxylation is 1. The number of anilines is 1. The summed E-state index contributed by atoms with van der Waals surface area (Å²) in [6, 6.07) is 5.50. The number of H-pyrrole nitrogens is 1. The van der Waals surface area contributed by atoms with Crippen molar-refractivity contribution >= 4 is 29.0 Å². The first-order chi connectivity index (χ1) is 11.7. The molecule has 8 heteroatoms. The predicted octanol–water partition coefficient (Wildman–Crippen LogP) is 4.16. The van der Waals surface area contributed by atoms with E-state index in [1.54, 1.807) is 6.07 Å². The van der Waals surface area contributed by atoms with Crippen molar-refractivity contribution in [3.63, 3.8) is 0 Å². The first-order valence-corrected chi connectivity index (χ1v) is 8.19. The molecule has 0 saturated carbocycles. The van der Waals surface area contributed by atoms with Crippen molar-refractivity contribution < 1.29 is 9.53 Å². The molecule has 2 N–H and O–H groups in total. The zero-order valence-electron chi connectivity index (χ0n) is 14.8. The zero-order valence-corrected chi connectivity index (χ0v) is 15.5. The van der Waals surface area contributed by atoms with Gasteiger partial charge < -0.3 is 9.72 Å². The van der Waals surface area contributed by atoms with Gasteiger partial charge in [-0.3, -0.25) is 5.32 Å². The molecule has 0 saturated heterocycles. The first kappa shape index (κ1) is 17.3. The van der Waals surface area contributed by atoms with Crippen LogP contribution in [0, 0.1) is 6.92 Å². The van der Waals surface area contributed by atoms with Gasteiger partial charge >= 0.3 is 6.09 Å². The molecule has 1 amide bonds. The number of nitrogens with one attached hydrogen (secondary N) is 2. The Morgan fingerprint density at radius 2 is 2.04 bits per heavy atom. The van der Waals surface area contributed by atoms with Gasteiger partial charge in [0.1, 0.15) is 5.02 Å². The van der Waals surface area contributed by atoms with Crippen LogP contribution < -0.4 is 5.32 Å². The van der Waals surface area contributed by atoms with Crippen molar-refractivity contribution in [1.29, 1.82) is 0 Å². The van der Waals surface area contributed by atoms with Crippen LogP contribution in [0.2, 0.25) is 5.02 Å². The number of rotatable bonds is 2. The van der Waals surface area contributed by atoms with Gasteiger partial charge in [-0.2, -0.15) is 5.10 Å². The lowest BCUT2D eigenvalue weighted by atomic mass is 9.92. The van der Waals surface area contributed by atoms with Crippen molar-refractivity contribution in [2.24, 2.45) is 0 Å². The average Bonchev–Trinajstić information content (AvgIpc) is 3.06. The fraction of sp³-hybridized carbons (Fsp3) is 0.353. The molecule has 0 aliphatic heterocycles. The number of aromatic amines is 1. The van der Waals surface area contributed by atoms with Gasteiger partial charge in [-0.15, -0.1) is 9.73 Å². The number of benzene rings is 1. The van der Waals surface area contributed by atoms with Gasteiger partial charge in [0.05, 0.1) is 12.8 Å². The molecule has 3 aromatic rings. The number of ether oxygens (including phenoxy) is 1. The summed E-state index contributed by atoms with van der Waals surface area (Å²) in [5.41, 5.74) is 3.79. The maximum atomic E-state index is 11.3. The summed E-state index contributed by atoms with van der Waals surface area (Å²) in [5, 5.41) is 12.2. The van der Waals surface area contributed by atoms with Gasteiger partial charge in [0, 0.05) is 16.7 Å². The Labute approximate surface area is 150 Å². The largest absolute Gasteiger partial charge is 0.453 e. The fourth-order valence-electron chi connectivity index (χ4n) is 2.57. The van der Waals surface area contributed by atoms with E-state index in [0.717, 1.165) is 16.8 Å². The molecule has 0 spiro atoms. The highest BCUT2D eigenvalue weighted by molar-refractivity contribution is 6.34. The van der Waals surface area contributed by atoms with E-state index in [0.29, 0.717) is 22.2 Å². The zero-order chi connectivity index (χ0) is 18.4. The maximum Gasteiger partial charge on any atom is 0.411 e. The SMILES string of the molecule is COC(=O)Nc1ccc(-c2nn3nc(C(C)(C)C)c(Cl)c3[nH]2)c(C)c1. The third-order valence-electron chi connectivity index (χ3n) is 3.87. The number of hydrogen-bond acceptors (Lipinski definition) is 4. The van der Waals surface area contributed by atoms with E-state index >= 15 is 0 Å². The van der Waals surface area contributed by atoms with Crippen molar-refractivity contribution in [3.8, 4) is 11.4 Å². The van der Waals surface area contributed by atoms with Gasteiger partial charge in [0.25, 0.3) is 0 Å². The van der Waals surface area contributed by atoms with Crippen LogP contribution in [0.5, 0.6) is 0 Å². The highest BCUT2D eigenvalue weighted by atomic mass is 35.5. The highest BCUT2D eigenvalue weighted by Crippen LogP contribution is 2.32. The number of methoxy groups -OCH3 is 1. The summed E-state index contributed by atoms with van der Waals surface area (Å²) in [7, 11) is 1.32. The molecular formula is C17H20ClN5O2. The molecule has 25 heavy (non-hydrogen) atoms. The Bertz CT molecular complexity index is 952. The molecule has 0 aliphatic carbocycles. The molecule has 0 atom stereocenters.